The molecule has 0 fully saturated rings. The highest BCUT2D eigenvalue weighted by molar-refractivity contribution is 5.90. The van der Waals surface area contributed by atoms with Crippen molar-refractivity contribution in [1.29, 1.82) is 0 Å². The molecule has 0 saturated heterocycles. The molecule has 0 bridgehead atoms. The quantitative estimate of drug-likeness (QED) is 0.237. The normalized spacial score (nSPS) is 11.1. The Morgan fingerprint density at radius 1 is 0.879 bits per heavy atom. The highest BCUT2D eigenvalue weighted by Gasteiger charge is 2.24. The second-order valence-electron chi connectivity index (χ2n) is 7.97. The molecule has 8 nitrogen and oxygen atoms in total. The van der Waals surface area contributed by atoms with Crippen LogP contribution in [0.3, 0.4) is 0 Å². The zero-order valence-electron chi connectivity index (χ0n) is 18.5. The molecule has 0 amide bonds. The molecular formula is C25H28O8. The van der Waals surface area contributed by atoms with Gasteiger partial charge in [-0.25, -0.2) is 0 Å². The first-order valence-electron chi connectivity index (χ1n) is 11.1. The van der Waals surface area contributed by atoms with Gasteiger partial charge in [0.15, 0.2) is 5.76 Å². The summed E-state index contributed by atoms with van der Waals surface area (Å²) in [6, 6.07) is 5.71. The molecule has 0 unspecified atom stereocenters. The number of hydrogen-bond acceptors (Lipinski definition) is 8. The van der Waals surface area contributed by atoms with Crippen molar-refractivity contribution in [1.82, 2.24) is 0 Å². The molecule has 4 N–H and O–H groups in total. The standard InChI is InChI=1S/C25H28O8/c1-2-3-4-5-6-7-8-9-21(30)33-25-23(31)22-19(29)13-16(27)14-20(22)32-24(25)17-11-10-15(26)12-18(17)28/h10-14,26-29H,2-9H2,1H3. The lowest BCUT2D eigenvalue weighted by molar-refractivity contribution is -0.134. The summed E-state index contributed by atoms with van der Waals surface area (Å²) in [5, 5.41) is 39.5. The Morgan fingerprint density at radius 2 is 1.55 bits per heavy atom. The predicted molar refractivity (Wildman–Crippen MR) is 123 cm³/mol. The van der Waals surface area contributed by atoms with Crippen LogP contribution in [-0.2, 0) is 4.79 Å². The van der Waals surface area contributed by atoms with E-state index in [2.05, 4.69) is 6.92 Å². The van der Waals surface area contributed by atoms with Crippen molar-refractivity contribution >= 4 is 16.9 Å². The fourth-order valence-electron chi connectivity index (χ4n) is 3.64. The number of aromatic hydroxyl groups is 4. The summed E-state index contributed by atoms with van der Waals surface area (Å²) in [6.07, 6.45) is 7.18. The van der Waals surface area contributed by atoms with Gasteiger partial charge in [-0.1, -0.05) is 45.4 Å². The van der Waals surface area contributed by atoms with Crippen LogP contribution in [0.15, 0.2) is 39.5 Å². The van der Waals surface area contributed by atoms with E-state index in [1.54, 1.807) is 0 Å². The van der Waals surface area contributed by atoms with Crippen molar-refractivity contribution in [3.63, 3.8) is 0 Å². The summed E-state index contributed by atoms with van der Waals surface area (Å²) >= 11 is 0. The van der Waals surface area contributed by atoms with E-state index in [4.69, 9.17) is 9.15 Å². The third-order valence-corrected chi connectivity index (χ3v) is 5.34. The minimum absolute atomic E-state index is 0.00615. The van der Waals surface area contributed by atoms with Gasteiger partial charge in [-0.05, 0) is 18.6 Å². The maximum atomic E-state index is 13.1. The molecule has 3 aromatic rings. The monoisotopic (exact) mass is 456 g/mol. The second-order valence-corrected chi connectivity index (χ2v) is 7.97. The average molecular weight is 456 g/mol. The summed E-state index contributed by atoms with van der Waals surface area (Å²) in [7, 11) is 0. The van der Waals surface area contributed by atoms with E-state index in [9.17, 15) is 30.0 Å². The molecule has 2 aromatic carbocycles. The molecule has 0 radical (unpaired) electrons. The molecule has 176 valence electrons. The second kappa shape index (κ2) is 10.8. The van der Waals surface area contributed by atoms with E-state index in [0.717, 1.165) is 50.3 Å². The highest BCUT2D eigenvalue weighted by Crippen LogP contribution is 2.40. The Labute approximate surface area is 190 Å². The molecule has 1 aromatic heterocycles. The largest absolute Gasteiger partial charge is 0.508 e. The lowest BCUT2D eigenvalue weighted by Gasteiger charge is -2.12. The number of carbonyl (C=O) groups excluding carboxylic acids is 1. The lowest BCUT2D eigenvalue weighted by Crippen LogP contribution is -2.16. The van der Waals surface area contributed by atoms with Crippen molar-refractivity contribution in [2.24, 2.45) is 0 Å². The Kier molecular flexibility index (Phi) is 7.82. The smallest absolute Gasteiger partial charge is 0.311 e. The summed E-state index contributed by atoms with van der Waals surface area (Å²) in [5.41, 5.74) is -0.996. The number of ether oxygens (including phenoxy) is 1. The minimum Gasteiger partial charge on any atom is -0.508 e. The first-order chi connectivity index (χ1) is 15.8. The van der Waals surface area contributed by atoms with Crippen molar-refractivity contribution < 1.29 is 34.4 Å². The Bertz CT molecular complexity index is 1200. The van der Waals surface area contributed by atoms with Crippen LogP contribution < -0.4 is 10.2 Å². The van der Waals surface area contributed by atoms with Gasteiger partial charge in [-0.15, -0.1) is 0 Å². The van der Waals surface area contributed by atoms with Crippen LogP contribution in [0, 0.1) is 0 Å². The van der Waals surface area contributed by atoms with E-state index in [1.807, 2.05) is 0 Å². The Hall–Kier alpha value is -3.68. The molecule has 0 aliphatic heterocycles. The highest BCUT2D eigenvalue weighted by atomic mass is 16.5. The molecule has 33 heavy (non-hydrogen) atoms. The van der Waals surface area contributed by atoms with Gasteiger partial charge in [-0.2, -0.15) is 0 Å². The van der Waals surface area contributed by atoms with Gasteiger partial charge in [-0.3, -0.25) is 9.59 Å². The SMILES string of the molecule is CCCCCCCCCC(=O)Oc1c(-c2ccc(O)cc2O)oc2cc(O)cc(O)c2c1=O. The van der Waals surface area contributed by atoms with Gasteiger partial charge in [0.1, 0.15) is 34.0 Å². The summed E-state index contributed by atoms with van der Waals surface area (Å²) in [5.74, 6) is -2.90. The van der Waals surface area contributed by atoms with Crippen LogP contribution in [-0.4, -0.2) is 26.4 Å². The number of rotatable bonds is 10. The van der Waals surface area contributed by atoms with Gasteiger partial charge >= 0.3 is 5.97 Å². The Balaban J connectivity index is 1.91. The Morgan fingerprint density at radius 3 is 2.24 bits per heavy atom. The summed E-state index contributed by atoms with van der Waals surface area (Å²) < 4.78 is 11.0. The van der Waals surface area contributed by atoms with E-state index < -0.39 is 28.6 Å². The van der Waals surface area contributed by atoms with Gasteiger partial charge in [0.2, 0.25) is 11.2 Å². The molecule has 0 spiro atoms. The number of carbonyl (C=O) groups is 1. The zero-order chi connectivity index (χ0) is 24.0. The first-order valence-corrected chi connectivity index (χ1v) is 11.1. The molecule has 8 heteroatoms. The number of phenols is 4. The number of fused-ring (bicyclic) bond motifs is 1. The molecule has 0 aliphatic rings. The van der Waals surface area contributed by atoms with Gasteiger partial charge in [0.05, 0.1) is 5.56 Å². The van der Waals surface area contributed by atoms with Crippen LogP contribution in [0.1, 0.15) is 58.3 Å². The van der Waals surface area contributed by atoms with Crippen molar-refractivity contribution in [3.05, 3.63) is 40.6 Å². The predicted octanol–water partition coefficient (Wildman–Crippen LogP) is 5.33. The molecular weight excluding hydrogens is 428 g/mol. The number of hydrogen-bond donors (Lipinski definition) is 4. The number of phenolic OH excluding ortho intramolecular Hbond substituents is 4. The first kappa shape index (κ1) is 24.0. The van der Waals surface area contributed by atoms with E-state index in [0.29, 0.717) is 6.42 Å². The summed E-state index contributed by atoms with van der Waals surface area (Å²) in [4.78, 5) is 25.6. The fraction of sp³-hybridized carbons (Fsp3) is 0.360. The zero-order valence-corrected chi connectivity index (χ0v) is 18.5. The fourth-order valence-corrected chi connectivity index (χ4v) is 3.64. The number of unbranched alkanes of at least 4 members (excludes halogenated alkanes) is 6. The number of esters is 1. The van der Waals surface area contributed by atoms with Crippen molar-refractivity contribution in [3.8, 4) is 40.1 Å². The topological polar surface area (TPSA) is 137 Å². The molecule has 3 rings (SSSR count). The number of benzene rings is 2. The van der Waals surface area contributed by atoms with Gasteiger partial charge in [0, 0.05) is 24.6 Å². The lowest BCUT2D eigenvalue weighted by atomic mass is 10.1. The maximum absolute atomic E-state index is 13.1. The molecule has 0 saturated carbocycles. The van der Waals surface area contributed by atoms with Crippen molar-refractivity contribution in [2.45, 2.75) is 58.3 Å². The van der Waals surface area contributed by atoms with Crippen LogP contribution >= 0.6 is 0 Å². The van der Waals surface area contributed by atoms with Crippen molar-refractivity contribution in [2.75, 3.05) is 0 Å². The van der Waals surface area contributed by atoms with Crippen LogP contribution in [0.25, 0.3) is 22.3 Å². The summed E-state index contributed by atoms with van der Waals surface area (Å²) in [6.45, 7) is 2.15. The van der Waals surface area contributed by atoms with E-state index >= 15 is 0 Å². The molecule has 1 heterocycles. The van der Waals surface area contributed by atoms with Gasteiger partial charge < -0.3 is 29.6 Å². The van der Waals surface area contributed by atoms with Crippen LogP contribution in [0.4, 0.5) is 0 Å². The third-order valence-electron chi connectivity index (χ3n) is 5.34. The van der Waals surface area contributed by atoms with Crippen LogP contribution in [0.5, 0.6) is 28.7 Å². The van der Waals surface area contributed by atoms with E-state index in [-0.39, 0.29) is 40.2 Å². The molecule has 0 atom stereocenters. The maximum Gasteiger partial charge on any atom is 0.311 e. The third kappa shape index (κ3) is 5.77. The minimum atomic E-state index is -0.829. The molecule has 0 aliphatic carbocycles. The average Bonchev–Trinajstić information content (AvgIpc) is 2.74. The van der Waals surface area contributed by atoms with E-state index in [1.165, 1.54) is 18.6 Å². The van der Waals surface area contributed by atoms with Gasteiger partial charge in [0.25, 0.3) is 0 Å². The van der Waals surface area contributed by atoms with Crippen LogP contribution in [0.2, 0.25) is 0 Å².